The van der Waals surface area contributed by atoms with Crippen LogP contribution in [0.25, 0.3) is 11.1 Å². The molecule has 0 bridgehead atoms. The van der Waals surface area contributed by atoms with Crippen molar-refractivity contribution in [3.05, 3.63) is 48.3 Å². The lowest BCUT2D eigenvalue weighted by Gasteiger charge is -2.28. The molecule has 0 atom stereocenters. The predicted molar refractivity (Wildman–Crippen MR) is 124 cm³/mol. The second-order valence-electron chi connectivity index (χ2n) is 8.77. The van der Waals surface area contributed by atoms with Crippen molar-refractivity contribution in [3.8, 4) is 16.9 Å². The fourth-order valence-corrected chi connectivity index (χ4v) is 4.53. The average Bonchev–Trinajstić information content (AvgIpc) is 2.78. The SMILES string of the molecule is CCCCCOc1ccc(-c2ccc(C3CCC(CCCCC)CC3)nc2)cc1. The third-order valence-electron chi connectivity index (χ3n) is 6.47. The summed E-state index contributed by atoms with van der Waals surface area (Å²) in [7, 11) is 0. The maximum absolute atomic E-state index is 5.82. The Labute approximate surface area is 178 Å². The van der Waals surface area contributed by atoms with Gasteiger partial charge in [-0.3, -0.25) is 4.98 Å². The highest BCUT2D eigenvalue weighted by molar-refractivity contribution is 5.63. The van der Waals surface area contributed by atoms with E-state index in [4.69, 9.17) is 9.72 Å². The van der Waals surface area contributed by atoms with Gasteiger partial charge in [-0.25, -0.2) is 0 Å². The molecule has 2 nitrogen and oxygen atoms in total. The highest BCUT2D eigenvalue weighted by Crippen LogP contribution is 2.37. The van der Waals surface area contributed by atoms with Crippen LogP contribution in [-0.4, -0.2) is 11.6 Å². The average molecular weight is 394 g/mol. The molecule has 2 aromatic rings. The summed E-state index contributed by atoms with van der Waals surface area (Å²) >= 11 is 0. The summed E-state index contributed by atoms with van der Waals surface area (Å²) in [6.07, 6.45) is 16.6. The first kappa shape index (κ1) is 21.9. The van der Waals surface area contributed by atoms with Gasteiger partial charge in [0.05, 0.1) is 6.61 Å². The van der Waals surface area contributed by atoms with Gasteiger partial charge >= 0.3 is 0 Å². The molecule has 0 N–H and O–H groups in total. The van der Waals surface area contributed by atoms with Gasteiger partial charge in [-0.1, -0.05) is 70.6 Å². The first-order valence-electron chi connectivity index (χ1n) is 12.0. The topological polar surface area (TPSA) is 22.1 Å². The fourth-order valence-electron chi connectivity index (χ4n) is 4.53. The first-order valence-corrected chi connectivity index (χ1v) is 12.0. The molecule has 0 radical (unpaired) electrons. The molecule has 2 heteroatoms. The molecule has 1 fully saturated rings. The lowest BCUT2D eigenvalue weighted by molar-refractivity contribution is 0.300. The van der Waals surface area contributed by atoms with Crippen LogP contribution in [0.5, 0.6) is 5.75 Å². The van der Waals surface area contributed by atoms with Gasteiger partial charge < -0.3 is 4.74 Å². The molecule has 1 aliphatic rings. The molecular formula is C27H39NO. The first-order chi connectivity index (χ1) is 14.3. The van der Waals surface area contributed by atoms with E-state index in [1.54, 1.807) is 0 Å². The summed E-state index contributed by atoms with van der Waals surface area (Å²) in [5.74, 6) is 2.58. The Hall–Kier alpha value is -1.83. The predicted octanol–water partition coefficient (Wildman–Crippen LogP) is 8.17. The Morgan fingerprint density at radius 2 is 1.48 bits per heavy atom. The number of aromatic nitrogens is 1. The Kier molecular flexibility index (Phi) is 9.05. The molecule has 29 heavy (non-hydrogen) atoms. The minimum Gasteiger partial charge on any atom is -0.494 e. The Morgan fingerprint density at radius 3 is 2.14 bits per heavy atom. The number of nitrogens with zero attached hydrogens (tertiary/aromatic N) is 1. The van der Waals surface area contributed by atoms with Crippen molar-refractivity contribution in [2.75, 3.05) is 6.61 Å². The zero-order chi connectivity index (χ0) is 20.3. The van der Waals surface area contributed by atoms with Crippen molar-refractivity contribution < 1.29 is 4.74 Å². The summed E-state index contributed by atoms with van der Waals surface area (Å²) in [6, 6.07) is 12.9. The molecular weight excluding hydrogens is 354 g/mol. The number of hydrogen-bond donors (Lipinski definition) is 0. The van der Waals surface area contributed by atoms with Crippen LogP contribution in [0.3, 0.4) is 0 Å². The van der Waals surface area contributed by atoms with E-state index in [-0.39, 0.29) is 0 Å². The van der Waals surface area contributed by atoms with E-state index in [1.165, 1.54) is 81.0 Å². The third kappa shape index (κ3) is 6.87. The number of benzene rings is 1. The second-order valence-corrected chi connectivity index (χ2v) is 8.77. The quantitative estimate of drug-likeness (QED) is 0.359. The van der Waals surface area contributed by atoms with Crippen LogP contribution < -0.4 is 4.74 Å². The van der Waals surface area contributed by atoms with Gasteiger partial charge in [-0.2, -0.15) is 0 Å². The number of ether oxygens (including phenoxy) is 1. The molecule has 158 valence electrons. The smallest absolute Gasteiger partial charge is 0.119 e. The van der Waals surface area contributed by atoms with Crippen LogP contribution in [0, 0.1) is 5.92 Å². The fraction of sp³-hybridized carbons (Fsp3) is 0.593. The lowest BCUT2D eigenvalue weighted by atomic mass is 9.78. The summed E-state index contributed by atoms with van der Waals surface area (Å²) < 4.78 is 5.82. The summed E-state index contributed by atoms with van der Waals surface area (Å²) in [5.41, 5.74) is 3.70. The van der Waals surface area contributed by atoms with Crippen molar-refractivity contribution >= 4 is 0 Å². The van der Waals surface area contributed by atoms with Gasteiger partial charge in [0.1, 0.15) is 5.75 Å². The molecule has 0 saturated heterocycles. The van der Waals surface area contributed by atoms with Crippen LogP contribution in [-0.2, 0) is 0 Å². The maximum Gasteiger partial charge on any atom is 0.119 e. The number of hydrogen-bond acceptors (Lipinski definition) is 2. The van der Waals surface area contributed by atoms with Gasteiger partial charge in [-0.05, 0) is 61.8 Å². The Balaban J connectivity index is 1.49. The summed E-state index contributed by atoms with van der Waals surface area (Å²) in [6.45, 7) is 5.32. The highest BCUT2D eigenvalue weighted by atomic mass is 16.5. The molecule has 3 rings (SSSR count). The lowest BCUT2D eigenvalue weighted by Crippen LogP contribution is -2.14. The van der Waals surface area contributed by atoms with Crippen LogP contribution in [0.2, 0.25) is 0 Å². The van der Waals surface area contributed by atoms with Gasteiger partial charge in [0, 0.05) is 23.4 Å². The van der Waals surface area contributed by atoms with E-state index in [1.807, 2.05) is 0 Å². The molecule has 1 heterocycles. The Bertz CT molecular complexity index is 683. The van der Waals surface area contributed by atoms with Crippen LogP contribution in [0.4, 0.5) is 0 Å². The number of pyridine rings is 1. The molecule has 1 aromatic heterocycles. The summed E-state index contributed by atoms with van der Waals surface area (Å²) in [4.78, 5) is 4.84. The molecule has 0 spiro atoms. The van der Waals surface area contributed by atoms with E-state index in [2.05, 4.69) is 56.4 Å². The second kappa shape index (κ2) is 12.0. The number of unbranched alkanes of at least 4 members (excludes halogenated alkanes) is 4. The van der Waals surface area contributed by atoms with Crippen LogP contribution in [0.15, 0.2) is 42.6 Å². The van der Waals surface area contributed by atoms with E-state index < -0.39 is 0 Å². The van der Waals surface area contributed by atoms with Gasteiger partial charge in [0.15, 0.2) is 0 Å². The molecule has 1 saturated carbocycles. The monoisotopic (exact) mass is 393 g/mol. The van der Waals surface area contributed by atoms with Crippen molar-refractivity contribution in [3.63, 3.8) is 0 Å². The maximum atomic E-state index is 5.82. The minimum absolute atomic E-state index is 0.658. The van der Waals surface area contributed by atoms with E-state index >= 15 is 0 Å². The van der Waals surface area contributed by atoms with Gasteiger partial charge in [0.25, 0.3) is 0 Å². The van der Waals surface area contributed by atoms with Crippen molar-refractivity contribution in [2.45, 2.75) is 90.4 Å². The Morgan fingerprint density at radius 1 is 0.793 bits per heavy atom. The van der Waals surface area contributed by atoms with Gasteiger partial charge in [-0.15, -0.1) is 0 Å². The molecule has 1 aliphatic carbocycles. The van der Waals surface area contributed by atoms with E-state index in [0.717, 1.165) is 24.7 Å². The minimum atomic E-state index is 0.658. The standard InChI is InChI=1S/C27H39NO/c1-3-5-7-9-22-10-12-24(13-11-22)27-19-16-25(21-28-27)23-14-17-26(18-15-23)29-20-8-6-4-2/h14-19,21-22,24H,3-13,20H2,1-2H3. The zero-order valence-corrected chi connectivity index (χ0v) is 18.5. The largest absolute Gasteiger partial charge is 0.494 e. The van der Waals surface area contributed by atoms with Crippen molar-refractivity contribution in [1.29, 1.82) is 0 Å². The van der Waals surface area contributed by atoms with Crippen LogP contribution in [0.1, 0.15) is 96.1 Å². The third-order valence-corrected chi connectivity index (χ3v) is 6.47. The van der Waals surface area contributed by atoms with E-state index in [0.29, 0.717) is 5.92 Å². The molecule has 0 unspecified atom stereocenters. The van der Waals surface area contributed by atoms with Gasteiger partial charge in [0.2, 0.25) is 0 Å². The molecule has 0 amide bonds. The van der Waals surface area contributed by atoms with E-state index in [9.17, 15) is 0 Å². The molecule has 1 aromatic carbocycles. The normalized spacial score (nSPS) is 19.2. The highest BCUT2D eigenvalue weighted by Gasteiger charge is 2.22. The summed E-state index contributed by atoms with van der Waals surface area (Å²) in [5, 5.41) is 0. The zero-order valence-electron chi connectivity index (χ0n) is 18.5. The molecule has 0 aliphatic heterocycles. The van der Waals surface area contributed by atoms with Crippen LogP contribution >= 0.6 is 0 Å². The van der Waals surface area contributed by atoms with Crippen molar-refractivity contribution in [2.24, 2.45) is 5.92 Å². The number of rotatable bonds is 11. The van der Waals surface area contributed by atoms with Crippen molar-refractivity contribution in [1.82, 2.24) is 4.98 Å².